The zero-order valence-corrected chi connectivity index (χ0v) is 9.53. The molecule has 0 unspecified atom stereocenters. The molecule has 3 heteroatoms. The number of rotatable bonds is 7. The first-order valence-corrected chi connectivity index (χ1v) is 5.47. The third-order valence-corrected chi connectivity index (χ3v) is 2.28. The molecule has 15 heavy (non-hydrogen) atoms. The highest BCUT2D eigenvalue weighted by molar-refractivity contribution is 5.96. The number of carbonyl (C=O) groups is 1. The molecule has 3 nitrogen and oxygen atoms in total. The van der Waals surface area contributed by atoms with Crippen LogP contribution >= 0.6 is 0 Å². The molecule has 1 rings (SSSR count). The van der Waals surface area contributed by atoms with Gasteiger partial charge in [-0.1, -0.05) is 19.8 Å². The molecule has 0 atom stereocenters. The lowest BCUT2D eigenvalue weighted by Gasteiger charge is -2.01. The topological polar surface area (TPSA) is 31.2 Å². The summed E-state index contributed by atoms with van der Waals surface area (Å²) < 4.78 is 7.17. The number of carbonyl (C=O) groups excluding carboxylic acids is 1. The summed E-state index contributed by atoms with van der Waals surface area (Å²) in [5.74, 6) is 0.0621. The molecule has 0 amide bonds. The van der Waals surface area contributed by atoms with Crippen LogP contribution in [0.25, 0.3) is 0 Å². The Morgan fingerprint density at radius 1 is 1.47 bits per heavy atom. The number of ether oxygens (including phenoxy) is 1. The average molecular weight is 209 g/mol. The number of unbranched alkanes of at least 4 members (excludes halogenated alkanes) is 2. The molecule has 0 aliphatic rings. The maximum Gasteiger partial charge on any atom is 0.189 e. The fourth-order valence-corrected chi connectivity index (χ4v) is 1.37. The van der Waals surface area contributed by atoms with Crippen LogP contribution in [0.3, 0.4) is 0 Å². The second-order valence-electron chi connectivity index (χ2n) is 3.75. The van der Waals surface area contributed by atoms with E-state index in [9.17, 15) is 4.79 Å². The molecule has 0 saturated carbocycles. The van der Waals surface area contributed by atoms with Crippen molar-refractivity contribution in [1.29, 1.82) is 0 Å². The Hall–Kier alpha value is -1.09. The molecular formula is C12H19NO2. The van der Waals surface area contributed by atoms with E-state index in [0.717, 1.165) is 12.0 Å². The summed E-state index contributed by atoms with van der Waals surface area (Å²) in [5, 5.41) is 0. The molecule has 0 spiro atoms. The van der Waals surface area contributed by atoms with E-state index in [2.05, 4.69) is 6.92 Å². The lowest BCUT2D eigenvalue weighted by atomic mass is 10.2. The van der Waals surface area contributed by atoms with Gasteiger partial charge in [-0.05, 0) is 12.5 Å². The summed E-state index contributed by atoms with van der Waals surface area (Å²) in [6.07, 6.45) is 7.07. The van der Waals surface area contributed by atoms with E-state index in [4.69, 9.17) is 4.74 Å². The SMILES string of the molecule is CCCCCOCC(=O)c1ccn(C)c1. The van der Waals surface area contributed by atoms with Crippen LogP contribution in [-0.4, -0.2) is 23.6 Å². The van der Waals surface area contributed by atoms with E-state index in [1.807, 2.05) is 30.1 Å². The van der Waals surface area contributed by atoms with Gasteiger partial charge in [-0.2, -0.15) is 0 Å². The van der Waals surface area contributed by atoms with Crippen LogP contribution in [-0.2, 0) is 11.8 Å². The van der Waals surface area contributed by atoms with Gasteiger partial charge >= 0.3 is 0 Å². The van der Waals surface area contributed by atoms with E-state index in [0.29, 0.717) is 6.61 Å². The number of aromatic nitrogens is 1. The Bertz CT molecular complexity index is 304. The standard InChI is InChI=1S/C12H19NO2/c1-3-4-5-8-15-10-12(14)11-6-7-13(2)9-11/h6-7,9H,3-5,8,10H2,1-2H3. The Morgan fingerprint density at radius 2 is 2.27 bits per heavy atom. The van der Waals surface area contributed by atoms with Gasteiger partial charge in [0.2, 0.25) is 0 Å². The first kappa shape index (κ1) is 12.0. The van der Waals surface area contributed by atoms with E-state index in [-0.39, 0.29) is 12.4 Å². The van der Waals surface area contributed by atoms with Gasteiger partial charge in [0.1, 0.15) is 6.61 Å². The van der Waals surface area contributed by atoms with Crippen molar-refractivity contribution in [2.75, 3.05) is 13.2 Å². The van der Waals surface area contributed by atoms with Crippen LogP contribution in [0.1, 0.15) is 36.5 Å². The first-order valence-electron chi connectivity index (χ1n) is 5.47. The van der Waals surface area contributed by atoms with E-state index in [1.165, 1.54) is 12.8 Å². The van der Waals surface area contributed by atoms with Crippen molar-refractivity contribution in [2.45, 2.75) is 26.2 Å². The minimum Gasteiger partial charge on any atom is -0.373 e. The number of nitrogens with zero attached hydrogens (tertiary/aromatic N) is 1. The van der Waals surface area contributed by atoms with Crippen molar-refractivity contribution >= 4 is 5.78 Å². The number of aryl methyl sites for hydroxylation is 1. The van der Waals surface area contributed by atoms with E-state index >= 15 is 0 Å². The Balaban J connectivity index is 2.19. The molecular weight excluding hydrogens is 190 g/mol. The van der Waals surface area contributed by atoms with Crippen LogP contribution in [0.5, 0.6) is 0 Å². The summed E-state index contributed by atoms with van der Waals surface area (Å²) in [6.45, 7) is 3.04. The summed E-state index contributed by atoms with van der Waals surface area (Å²) in [4.78, 5) is 11.6. The molecule has 0 aromatic carbocycles. The summed E-state index contributed by atoms with van der Waals surface area (Å²) >= 11 is 0. The lowest BCUT2D eigenvalue weighted by molar-refractivity contribution is 0.0753. The second-order valence-corrected chi connectivity index (χ2v) is 3.75. The summed E-state index contributed by atoms with van der Waals surface area (Å²) in [6, 6.07) is 1.82. The van der Waals surface area contributed by atoms with Gasteiger partial charge in [0, 0.05) is 31.6 Å². The van der Waals surface area contributed by atoms with E-state index < -0.39 is 0 Å². The first-order chi connectivity index (χ1) is 7.24. The van der Waals surface area contributed by atoms with Crippen molar-refractivity contribution in [1.82, 2.24) is 4.57 Å². The molecule has 0 N–H and O–H groups in total. The highest BCUT2D eigenvalue weighted by Crippen LogP contribution is 2.02. The van der Waals surface area contributed by atoms with Crippen molar-refractivity contribution in [3.63, 3.8) is 0 Å². The zero-order valence-electron chi connectivity index (χ0n) is 9.53. The zero-order chi connectivity index (χ0) is 11.1. The van der Waals surface area contributed by atoms with Crippen molar-refractivity contribution in [3.05, 3.63) is 24.0 Å². The van der Waals surface area contributed by atoms with Gasteiger partial charge in [0.05, 0.1) is 0 Å². The van der Waals surface area contributed by atoms with Gasteiger partial charge < -0.3 is 9.30 Å². The molecule has 0 radical (unpaired) electrons. The molecule has 0 aliphatic heterocycles. The maximum absolute atomic E-state index is 11.6. The van der Waals surface area contributed by atoms with Crippen LogP contribution in [0.2, 0.25) is 0 Å². The minimum absolute atomic E-state index is 0.0621. The lowest BCUT2D eigenvalue weighted by Crippen LogP contribution is -2.09. The molecule has 0 bridgehead atoms. The Kier molecular flexibility index (Phi) is 5.12. The fourth-order valence-electron chi connectivity index (χ4n) is 1.37. The summed E-state index contributed by atoms with van der Waals surface area (Å²) in [5.41, 5.74) is 0.730. The molecule has 1 heterocycles. The third kappa shape index (κ3) is 4.30. The molecule has 84 valence electrons. The number of Topliss-reactive ketones (excluding diaryl/α,β-unsaturated/α-hetero) is 1. The van der Waals surface area contributed by atoms with Gasteiger partial charge in [-0.3, -0.25) is 4.79 Å². The van der Waals surface area contributed by atoms with Gasteiger partial charge in [0.25, 0.3) is 0 Å². The van der Waals surface area contributed by atoms with Gasteiger partial charge in [-0.25, -0.2) is 0 Å². The molecule has 1 aromatic rings. The Labute approximate surface area is 91.0 Å². The normalized spacial score (nSPS) is 10.5. The molecule has 0 saturated heterocycles. The summed E-state index contributed by atoms with van der Waals surface area (Å²) in [7, 11) is 1.90. The Morgan fingerprint density at radius 3 is 2.87 bits per heavy atom. The number of hydrogen-bond acceptors (Lipinski definition) is 2. The van der Waals surface area contributed by atoms with Crippen LogP contribution < -0.4 is 0 Å². The quantitative estimate of drug-likeness (QED) is 0.510. The smallest absolute Gasteiger partial charge is 0.189 e. The van der Waals surface area contributed by atoms with E-state index in [1.54, 1.807) is 0 Å². The van der Waals surface area contributed by atoms with Crippen molar-refractivity contribution in [3.8, 4) is 0 Å². The molecule has 0 fully saturated rings. The average Bonchev–Trinajstić information content (AvgIpc) is 2.64. The third-order valence-electron chi connectivity index (χ3n) is 2.28. The number of hydrogen-bond donors (Lipinski definition) is 0. The van der Waals surface area contributed by atoms with Crippen LogP contribution in [0.15, 0.2) is 18.5 Å². The van der Waals surface area contributed by atoms with Crippen LogP contribution in [0.4, 0.5) is 0 Å². The highest BCUT2D eigenvalue weighted by Gasteiger charge is 2.06. The van der Waals surface area contributed by atoms with Crippen molar-refractivity contribution in [2.24, 2.45) is 7.05 Å². The second kappa shape index (κ2) is 6.40. The highest BCUT2D eigenvalue weighted by atomic mass is 16.5. The predicted octanol–water partition coefficient (Wildman–Crippen LogP) is 2.41. The predicted molar refractivity (Wildman–Crippen MR) is 60.1 cm³/mol. The van der Waals surface area contributed by atoms with Gasteiger partial charge in [-0.15, -0.1) is 0 Å². The molecule has 1 aromatic heterocycles. The maximum atomic E-state index is 11.6. The minimum atomic E-state index is 0.0621. The fraction of sp³-hybridized carbons (Fsp3) is 0.583. The molecule has 0 aliphatic carbocycles. The van der Waals surface area contributed by atoms with Gasteiger partial charge in [0.15, 0.2) is 5.78 Å². The largest absolute Gasteiger partial charge is 0.373 e. The number of ketones is 1. The van der Waals surface area contributed by atoms with Crippen LogP contribution in [0, 0.1) is 0 Å². The monoisotopic (exact) mass is 209 g/mol. The van der Waals surface area contributed by atoms with Crippen molar-refractivity contribution < 1.29 is 9.53 Å².